The number of allylic oxidation sites excluding steroid dienone is 1. The largest absolute Gasteiger partial charge is 0.497 e. The van der Waals surface area contributed by atoms with Crippen molar-refractivity contribution in [2.45, 2.75) is 26.1 Å². The molecule has 174 valence electrons. The number of urea groups is 1. The highest BCUT2D eigenvalue weighted by atomic mass is 35.5. The van der Waals surface area contributed by atoms with Crippen LogP contribution in [0.4, 0.5) is 4.79 Å². The van der Waals surface area contributed by atoms with Crippen molar-refractivity contribution >= 4 is 23.6 Å². The summed E-state index contributed by atoms with van der Waals surface area (Å²) in [6, 6.07) is 23.0. The van der Waals surface area contributed by atoms with Crippen LogP contribution in [-0.2, 0) is 22.7 Å². The Balaban J connectivity index is 1.66. The standard InChI is InChI=1S/C27H25ClN2O4/c1-18-24(26(31)34-17-20-6-4-3-5-7-20)25(21-10-12-22(28)13-11-21)29-27(32)30(18)16-19-8-14-23(33-2)15-9-19/h3-15,25H,16-17H2,1-2H3,(H,29,32). The van der Waals surface area contributed by atoms with Crippen LogP contribution in [0.25, 0.3) is 0 Å². The molecule has 0 saturated carbocycles. The van der Waals surface area contributed by atoms with Gasteiger partial charge in [-0.1, -0.05) is 66.2 Å². The number of carbonyl (C=O) groups is 2. The molecule has 7 heteroatoms. The Morgan fingerprint density at radius 3 is 2.29 bits per heavy atom. The third kappa shape index (κ3) is 5.24. The quantitative estimate of drug-likeness (QED) is 0.448. The maximum Gasteiger partial charge on any atom is 0.338 e. The van der Waals surface area contributed by atoms with E-state index in [-0.39, 0.29) is 12.6 Å². The second kappa shape index (κ2) is 10.4. The van der Waals surface area contributed by atoms with E-state index in [1.54, 1.807) is 43.2 Å². The van der Waals surface area contributed by atoms with Crippen molar-refractivity contribution < 1.29 is 19.1 Å². The van der Waals surface area contributed by atoms with Crippen molar-refractivity contribution in [3.63, 3.8) is 0 Å². The molecular weight excluding hydrogens is 452 g/mol. The van der Waals surface area contributed by atoms with E-state index in [9.17, 15) is 9.59 Å². The van der Waals surface area contributed by atoms with Crippen LogP contribution in [0.5, 0.6) is 5.75 Å². The number of hydrogen-bond acceptors (Lipinski definition) is 4. The number of amides is 2. The summed E-state index contributed by atoms with van der Waals surface area (Å²) in [6.07, 6.45) is 0. The number of hydrogen-bond donors (Lipinski definition) is 1. The summed E-state index contributed by atoms with van der Waals surface area (Å²) in [5.41, 5.74) is 3.45. The molecule has 34 heavy (non-hydrogen) atoms. The van der Waals surface area contributed by atoms with E-state index >= 15 is 0 Å². The fraction of sp³-hybridized carbons (Fsp3) is 0.185. The van der Waals surface area contributed by atoms with Crippen molar-refractivity contribution in [3.05, 3.63) is 112 Å². The molecule has 0 bridgehead atoms. The van der Waals surface area contributed by atoms with Crippen LogP contribution < -0.4 is 10.1 Å². The Kier molecular flexibility index (Phi) is 7.18. The number of methoxy groups -OCH3 is 1. The Labute approximate surface area is 203 Å². The third-order valence-corrected chi connectivity index (χ3v) is 5.98. The third-order valence-electron chi connectivity index (χ3n) is 5.73. The minimum absolute atomic E-state index is 0.135. The van der Waals surface area contributed by atoms with Gasteiger partial charge in [0.15, 0.2) is 0 Å². The summed E-state index contributed by atoms with van der Waals surface area (Å²) in [5, 5.41) is 3.54. The minimum atomic E-state index is -0.653. The zero-order valence-electron chi connectivity index (χ0n) is 19.0. The fourth-order valence-electron chi connectivity index (χ4n) is 3.86. The van der Waals surface area contributed by atoms with Crippen LogP contribution in [0.3, 0.4) is 0 Å². The number of nitrogens with zero attached hydrogens (tertiary/aromatic N) is 1. The zero-order valence-corrected chi connectivity index (χ0v) is 19.7. The fourth-order valence-corrected chi connectivity index (χ4v) is 3.98. The number of ether oxygens (including phenoxy) is 2. The molecule has 6 nitrogen and oxygen atoms in total. The molecule has 0 aliphatic carbocycles. The Morgan fingerprint density at radius 2 is 1.65 bits per heavy atom. The van der Waals surface area contributed by atoms with Crippen LogP contribution in [-0.4, -0.2) is 24.0 Å². The number of esters is 1. The highest BCUT2D eigenvalue weighted by Gasteiger charge is 2.36. The van der Waals surface area contributed by atoms with Gasteiger partial charge in [-0.25, -0.2) is 9.59 Å². The highest BCUT2D eigenvalue weighted by Crippen LogP contribution is 2.33. The van der Waals surface area contributed by atoms with Gasteiger partial charge < -0.3 is 14.8 Å². The number of rotatable bonds is 7. The first-order valence-electron chi connectivity index (χ1n) is 10.8. The van der Waals surface area contributed by atoms with Gasteiger partial charge in [0, 0.05) is 10.7 Å². The van der Waals surface area contributed by atoms with Crippen molar-refractivity contribution in [2.24, 2.45) is 0 Å². The predicted octanol–water partition coefficient (Wildman–Crippen LogP) is 5.63. The maximum atomic E-state index is 13.3. The van der Waals surface area contributed by atoms with Crippen LogP contribution in [0.2, 0.25) is 5.02 Å². The molecule has 1 atom stereocenters. The van der Waals surface area contributed by atoms with Crippen LogP contribution in [0.1, 0.15) is 29.7 Å². The average molecular weight is 477 g/mol. The van der Waals surface area contributed by atoms with Gasteiger partial charge in [0.25, 0.3) is 0 Å². The van der Waals surface area contributed by atoms with Crippen molar-refractivity contribution in [1.82, 2.24) is 10.2 Å². The number of benzene rings is 3. The second-order valence-electron chi connectivity index (χ2n) is 7.93. The monoisotopic (exact) mass is 476 g/mol. The topological polar surface area (TPSA) is 67.9 Å². The lowest BCUT2D eigenvalue weighted by Gasteiger charge is -2.35. The molecule has 1 aliphatic heterocycles. The van der Waals surface area contributed by atoms with Crippen molar-refractivity contribution in [2.75, 3.05) is 7.11 Å². The van der Waals surface area contributed by atoms with E-state index < -0.39 is 12.0 Å². The molecule has 1 aliphatic rings. The molecule has 3 aromatic rings. The summed E-state index contributed by atoms with van der Waals surface area (Å²) < 4.78 is 10.9. The lowest BCUT2D eigenvalue weighted by Crippen LogP contribution is -2.47. The molecule has 1 N–H and O–H groups in total. The molecule has 0 saturated heterocycles. The number of halogens is 1. The molecule has 0 aromatic heterocycles. The van der Waals surface area contributed by atoms with Gasteiger partial charge in [0.2, 0.25) is 0 Å². The van der Waals surface area contributed by atoms with Crippen LogP contribution >= 0.6 is 11.6 Å². The number of nitrogens with one attached hydrogen (secondary N) is 1. The highest BCUT2D eigenvalue weighted by molar-refractivity contribution is 6.30. The molecule has 0 fully saturated rings. The van der Waals surface area contributed by atoms with E-state index in [1.165, 1.54) is 0 Å². The summed E-state index contributed by atoms with van der Waals surface area (Å²) in [7, 11) is 1.60. The van der Waals surface area contributed by atoms with Gasteiger partial charge in [-0.3, -0.25) is 4.90 Å². The van der Waals surface area contributed by atoms with Gasteiger partial charge >= 0.3 is 12.0 Å². The lowest BCUT2D eigenvalue weighted by molar-refractivity contribution is -0.141. The van der Waals surface area contributed by atoms with Gasteiger partial charge in [0.1, 0.15) is 12.4 Å². The SMILES string of the molecule is COc1ccc(CN2C(=O)NC(c3ccc(Cl)cc3)C(C(=O)OCc3ccccc3)=C2C)cc1. The van der Waals surface area contributed by atoms with Gasteiger partial charge in [-0.2, -0.15) is 0 Å². The summed E-state index contributed by atoms with van der Waals surface area (Å²) >= 11 is 6.05. The summed E-state index contributed by atoms with van der Waals surface area (Å²) in [5.74, 6) is 0.244. The summed E-state index contributed by atoms with van der Waals surface area (Å²) in [4.78, 5) is 28.0. The molecule has 2 amide bonds. The molecule has 1 unspecified atom stereocenters. The van der Waals surface area contributed by atoms with E-state index in [2.05, 4.69) is 5.32 Å². The Hall–Kier alpha value is -3.77. The Morgan fingerprint density at radius 1 is 0.971 bits per heavy atom. The van der Waals surface area contributed by atoms with E-state index in [1.807, 2.05) is 54.6 Å². The molecule has 1 heterocycles. The first-order valence-corrected chi connectivity index (χ1v) is 11.2. The molecule has 0 spiro atoms. The smallest absolute Gasteiger partial charge is 0.338 e. The number of carbonyl (C=O) groups excluding carboxylic acids is 2. The van der Waals surface area contributed by atoms with Crippen LogP contribution in [0.15, 0.2) is 90.1 Å². The van der Waals surface area contributed by atoms with Gasteiger partial charge in [0.05, 0.1) is 25.3 Å². The van der Waals surface area contributed by atoms with Crippen molar-refractivity contribution in [1.29, 1.82) is 0 Å². The van der Waals surface area contributed by atoms with Crippen molar-refractivity contribution in [3.8, 4) is 5.75 Å². The first-order chi connectivity index (χ1) is 16.5. The predicted molar refractivity (Wildman–Crippen MR) is 130 cm³/mol. The summed E-state index contributed by atoms with van der Waals surface area (Å²) in [6.45, 7) is 2.20. The molecule has 0 radical (unpaired) electrons. The van der Waals surface area contributed by atoms with Crippen LogP contribution in [0, 0.1) is 0 Å². The molecular formula is C27H25ClN2O4. The first kappa shape index (κ1) is 23.4. The zero-order chi connectivity index (χ0) is 24.1. The van der Waals surface area contributed by atoms with E-state index in [0.29, 0.717) is 22.8 Å². The lowest BCUT2D eigenvalue weighted by atomic mass is 9.94. The molecule has 3 aromatic carbocycles. The Bertz CT molecular complexity index is 1190. The average Bonchev–Trinajstić information content (AvgIpc) is 2.86. The van der Waals surface area contributed by atoms with Gasteiger partial charge in [-0.05, 0) is 47.9 Å². The maximum absolute atomic E-state index is 13.3. The molecule has 4 rings (SSSR count). The van der Waals surface area contributed by atoms with Gasteiger partial charge in [-0.15, -0.1) is 0 Å². The van der Waals surface area contributed by atoms with E-state index in [4.69, 9.17) is 21.1 Å². The normalized spacial score (nSPS) is 15.7. The second-order valence-corrected chi connectivity index (χ2v) is 8.37. The minimum Gasteiger partial charge on any atom is -0.497 e. The van der Waals surface area contributed by atoms with E-state index in [0.717, 1.165) is 22.4 Å².